The van der Waals surface area contributed by atoms with Crippen LogP contribution in [-0.2, 0) is 10.0 Å². The lowest BCUT2D eigenvalue weighted by Gasteiger charge is -2.35. The molecule has 0 aromatic heterocycles. The van der Waals surface area contributed by atoms with E-state index in [0.717, 1.165) is 26.2 Å². The maximum atomic E-state index is 12.8. The molecular weight excluding hydrogens is 381 g/mol. The van der Waals surface area contributed by atoms with Gasteiger partial charge in [0.2, 0.25) is 10.0 Å². The number of piperidine rings is 1. The first-order valence-corrected chi connectivity index (χ1v) is 11.1. The zero-order chi connectivity index (χ0) is 17.9. The number of benzene rings is 1. The molecule has 140 valence electrons. The molecule has 2 heterocycles. The van der Waals surface area contributed by atoms with Crippen LogP contribution < -0.4 is 0 Å². The summed E-state index contributed by atoms with van der Waals surface area (Å²) in [7, 11) is -3.51. The lowest BCUT2D eigenvalue weighted by Crippen LogP contribution is -2.50. The highest BCUT2D eigenvalue weighted by atomic mass is 35.5. The highest BCUT2D eigenvalue weighted by molar-refractivity contribution is 7.89. The van der Waals surface area contributed by atoms with Crippen molar-refractivity contribution in [3.05, 3.63) is 28.2 Å². The Morgan fingerprint density at radius 2 is 1.40 bits per heavy atom. The fourth-order valence-corrected chi connectivity index (χ4v) is 5.26. The van der Waals surface area contributed by atoms with E-state index in [1.807, 2.05) is 0 Å². The third-order valence-corrected chi connectivity index (χ3v) is 7.67. The van der Waals surface area contributed by atoms with Crippen molar-refractivity contribution in [3.8, 4) is 0 Å². The van der Waals surface area contributed by atoms with Crippen molar-refractivity contribution < 1.29 is 8.42 Å². The second kappa shape index (κ2) is 8.55. The van der Waals surface area contributed by atoms with Crippen LogP contribution in [0, 0.1) is 0 Å². The minimum absolute atomic E-state index is 0.212. The molecule has 2 fully saturated rings. The van der Waals surface area contributed by atoms with E-state index in [1.54, 1.807) is 4.31 Å². The Morgan fingerprint density at radius 3 is 2.00 bits per heavy atom. The molecule has 3 rings (SSSR count). The van der Waals surface area contributed by atoms with Crippen LogP contribution in [0.15, 0.2) is 23.1 Å². The highest BCUT2D eigenvalue weighted by Crippen LogP contribution is 2.27. The monoisotopic (exact) mass is 405 g/mol. The van der Waals surface area contributed by atoms with Crippen molar-refractivity contribution in [2.75, 3.05) is 52.4 Å². The predicted octanol–water partition coefficient (Wildman–Crippen LogP) is 2.79. The molecule has 0 radical (unpaired) electrons. The van der Waals surface area contributed by atoms with Gasteiger partial charge >= 0.3 is 0 Å². The molecule has 0 amide bonds. The molecule has 8 heteroatoms. The molecule has 0 spiro atoms. The Kier molecular flexibility index (Phi) is 6.63. The van der Waals surface area contributed by atoms with Gasteiger partial charge in [-0.05, 0) is 44.1 Å². The lowest BCUT2D eigenvalue weighted by molar-refractivity contribution is 0.149. The van der Waals surface area contributed by atoms with Gasteiger partial charge in [-0.2, -0.15) is 4.31 Å². The molecule has 2 aliphatic heterocycles. The summed E-state index contributed by atoms with van der Waals surface area (Å²) in [5.74, 6) is 0. The van der Waals surface area contributed by atoms with E-state index in [2.05, 4.69) is 9.80 Å². The standard InChI is InChI=1S/C17H25Cl2N3O2S/c18-16-5-4-15(14-17(16)19)25(23,24)22-12-10-21(11-13-22)9-8-20-6-2-1-3-7-20/h4-5,14H,1-3,6-13H2. The average Bonchev–Trinajstić information content (AvgIpc) is 2.63. The number of hydrogen-bond acceptors (Lipinski definition) is 4. The third kappa shape index (κ3) is 4.87. The molecule has 1 aromatic carbocycles. The Bertz CT molecular complexity index is 685. The molecule has 0 saturated carbocycles. The van der Waals surface area contributed by atoms with Crippen LogP contribution in [0.5, 0.6) is 0 Å². The van der Waals surface area contributed by atoms with Gasteiger partial charge in [-0.3, -0.25) is 4.90 Å². The number of likely N-dealkylation sites (tertiary alicyclic amines) is 1. The molecule has 0 aliphatic carbocycles. The topological polar surface area (TPSA) is 43.9 Å². The lowest BCUT2D eigenvalue weighted by atomic mass is 10.1. The van der Waals surface area contributed by atoms with Crippen LogP contribution >= 0.6 is 23.2 Å². The second-order valence-corrected chi connectivity index (χ2v) is 9.48. The third-order valence-electron chi connectivity index (χ3n) is 5.04. The van der Waals surface area contributed by atoms with Gasteiger partial charge in [0.05, 0.1) is 14.9 Å². The van der Waals surface area contributed by atoms with Crippen LogP contribution in [0.1, 0.15) is 19.3 Å². The van der Waals surface area contributed by atoms with Gasteiger partial charge in [-0.1, -0.05) is 29.6 Å². The van der Waals surface area contributed by atoms with Gasteiger partial charge in [0.15, 0.2) is 0 Å². The minimum Gasteiger partial charge on any atom is -0.302 e. The van der Waals surface area contributed by atoms with Crippen molar-refractivity contribution in [2.24, 2.45) is 0 Å². The normalized spacial score (nSPS) is 21.5. The van der Waals surface area contributed by atoms with Crippen molar-refractivity contribution >= 4 is 33.2 Å². The minimum atomic E-state index is -3.51. The zero-order valence-electron chi connectivity index (χ0n) is 14.3. The Labute approximate surface area is 160 Å². The summed E-state index contributed by atoms with van der Waals surface area (Å²) in [6.45, 7) is 7.07. The predicted molar refractivity (Wildman–Crippen MR) is 102 cm³/mol. The van der Waals surface area contributed by atoms with Crippen LogP contribution in [0.3, 0.4) is 0 Å². The van der Waals surface area contributed by atoms with Crippen LogP contribution in [0.2, 0.25) is 10.0 Å². The number of hydrogen-bond donors (Lipinski definition) is 0. The SMILES string of the molecule is O=S(=O)(c1ccc(Cl)c(Cl)c1)N1CCN(CCN2CCCCC2)CC1. The van der Waals surface area contributed by atoms with Crippen molar-refractivity contribution in [1.29, 1.82) is 0 Å². The fourth-order valence-electron chi connectivity index (χ4n) is 3.45. The van der Waals surface area contributed by atoms with E-state index in [1.165, 1.54) is 50.6 Å². The zero-order valence-corrected chi connectivity index (χ0v) is 16.7. The van der Waals surface area contributed by atoms with Gasteiger partial charge in [0.1, 0.15) is 0 Å². The average molecular weight is 406 g/mol. The van der Waals surface area contributed by atoms with Gasteiger partial charge < -0.3 is 4.90 Å². The highest BCUT2D eigenvalue weighted by Gasteiger charge is 2.29. The first-order valence-electron chi connectivity index (χ1n) is 8.87. The molecule has 0 N–H and O–H groups in total. The molecule has 0 bridgehead atoms. The smallest absolute Gasteiger partial charge is 0.243 e. The van der Waals surface area contributed by atoms with Crippen molar-refractivity contribution in [1.82, 2.24) is 14.1 Å². The van der Waals surface area contributed by atoms with Crippen molar-refractivity contribution in [3.63, 3.8) is 0 Å². The molecule has 0 unspecified atom stereocenters. The summed E-state index contributed by atoms with van der Waals surface area (Å²) in [5.41, 5.74) is 0. The molecule has 25 heavy (non-hydrogen) atoms. The molecular formula is C17H25Cl2N3O2S. The number of halogens is 2. The number of sulfonamides is 1. The van der Waals surface area contributed by atoms with E-state index in [0.29, 0.717) is 18.1 Å². The van der Waals surface area contributed by atoms with Crippen molar-refractivity contribution in [2.45, 2.75) is 24.2 Å². The summed E-state index contributed by atoms with van der Waals surface area (Å²) < 4.78 is 27.1. The summed E-state index contributed by atoms with van der Waals surface area (Å²) in [5, 5.41) is 0.631. The van der Waals surface area contributed by atoms with Gasteiger partial charge in [-0.25, -0.2) is 8.42 Å². The largest absolute Gasteiger partial charge is 0.302 e. The number of piperazine rings is 1. The van der Waals surface area contributed by atoms with Crippen LogP contribution in [-0.4, -0.2) is 74.9 Å². The van der Waals surface area contributed by atoms with E-state index in [9.17, 15) is 8.42 Å². The maximum Gasteiger partial charge on any atom is 0.243 e. The Hall–Kier alpha value is -0.370. The van der Waals surface area contributed by atoms with Gasteiger partial charge in [-0.15, -0.1) is 0 Å². The summed E-state index contributed by atoms with van der Waals surface area (Å²) in [4.78, 5) is 5.08. The fraction of sp³-hybridized carbons (Fsp3) is 0.647. The summed E-state index contributed by atoms with van der Waals surface area (Å²) >= 11 is 11.9. The number of nitrogens with zero attached hydrogens (tertiary/aromatic N) is 3. The Balaban J connectivity index is 1.53. The van der Waals surface area contributed by atoms with E-state index in [4.69, 9.17) is 23.2 Å². The van der Waals surface area contributed by atoms with Gasteiger partial charge in [0, 0.05) is 39.3 Å². The van der Waals surface area contributed by atoms with E-state index < -0.39 is 10.0 Å². The maximum absolute atomic E-state index is 12.8. The molecule has 2 aliphatic rings. The van der Waals surface area contributed by atoms with Crippen LogP contribution in [0.4, 0.5) is 0 Å². The molecule has 2 saturated heterocycles. The van der Waals surface area contributed by atoms with Crippen LogP contribution in [0.25, 0.3) is 0 Å². The van der Waals surface area contributed by atoms with E-state index in [-0.39, 0.29) is 9.92 Å². The first-order chi connectivity index (χ1) is 12.0. The quantitative estimate of drug-likeness (QED) is 0.755. The molecule has 5 nitrogen and oxygen atoms in total. The summed E-state index contributed by atoms with van der Waals surface area (Å²) in [6, 6.07) is 4.49. The second-order valence-electron chi connectivity index (χ2n) is 6.72. The Morgan fingerprint density at radius 1 is 0.800 bits per heavy atom. The molecule has 0 atom stereocenters. The van der Waals surface area contributed by atoms with E-state index >= 15 is 0 Å². The van der Waals surface area contributed by atoms with Gasteiger partial charge in [0.25, 0.3) is 0 Å². The molecule has 1 aromatic rings. The first kappa shape index (κ1) is 19.4. The summed E-state index contributed by atoms with van der Waals surface area (Å²) in [6.07, 6.45) is 3.95. The number of rotatable bonds is 5.